The van der Waals surface area contributed by atoms with Crippen LogP contribution in [-0.2, 0) is 24.2 Å². The number of halogens is 1. The summed E-state index contributed by atoms with van der Waals surface area (Å²) in [5, 5.41) is 3.87. The Labute approximate surface area is 154 Å². The third-order valence-corrected chi connectivity index (χ3v) is 4.86. The van der Waals surface area contributed by atoms with Crippen molar-refractivity contribution in [3.8, 4) is 0 Å². The van der Waals surface area contributed by atoms with Gasteiger partial charge in [-0.25, -0.2) is 9.18 Å². The topological polar surface area (TPSA) is 68.3 Å². The highest BCUT2D eigenvalue weighted by Crippen LogP contribution is 2.27. The molecule has 0 unspecified atom stereocenters. The molecular formula is C20H18FN3O3. The molecule has 0 bridgehead atoms. The minimum atomic E-state index is -0.530. The highest BCUT2D eigenvalue weighted by molar-refractivity contribution is 5.95. The minimum Gasteiger partial charge on any atom is -0.315 e. The standard InChI is InChI=1S/C20H18FN3O3/c1-23-17-8-4-14(10-15(17)5-9-19(23)25)12-24-18(22-27-20(24)26)11-13-2-6-16(21)7-3-13/h2-4,6-8,10H,5,9,11-12H2,1H3. The molecule has 0 saturated carbocycles. The van der Waals surface area contributed by atoms with Crippen LogP contribution in [0.3, 0.4) is 0 Å². The number of carbonyl (C=O) groups excluding carboxylic acids is 1. The number of hydrogen-bond acceptors (Lipinski definition) is 4. The van der Waals surface area contributed by atoms with Gasteiger partial charge in [0.15, 0.2) is 5.82 Å². The maximum atomic E-state index is 13.1. The van der Waals surface area contributed by atoms with Gasteiger partial charge in [0, 0.05) is 25.6 Å². The minimum absolute atomic E-state index is 0.104. The van der Waals surface area contributed by atoms with Crippen molar-refractivity contribution in [3.05, 3.63) is 81.3 Å². The summed E-state index contributed by atoms with van der Waals surface area (Å²) >= 11 is 0. The third kappa shape index (κ3) is 3.40. The molecule has 138 valence electrons. The Bertz CT molecular complexity index is 1050. The zero-order valence-electron chi connectivity index (χ0n) is 14.8. The van der Waals surface area contributed by atoms with E-state index < -0.39 is 5.76 Å². The van der Waals surface area contributed by atoms with Crippen LogP contribution in [0.15, 0.2) is 51.8 Å². The third-order valence-electron chi connectivity index (χ3n) is 4.86. The van der Waals surface area contributed by atoms with Crippen LogP contribution in [0.1, 0.15) is 28.9 Å². The van der Waals surface area contributed by atoms with E-state index in [0.29, 0.717) is 31.6 Å². The van der Waals surface area contributed by atoms with Gasteiger partial charge in [-0.05, 0) is 41.3 Å². The van der Waals surface area contributed by atoms with Crippen LogP contribution in [0, 0.1) is 5.82 Å². The second kappa shape index (κ2) is 6.83. The lowest BCUT2D eigenvalue weighted by atomic mass is 9.99. The summed E-state index contributed by atoms with van der Waals surface area (Å²) in [5.74, 6) is -0.255. The molecule has 1 aliphatic heterocycles. The number of nitrogens with zero attached hydrogens (tertiary/aromatic N) is 3. The molecule has 0 saturated heterocycles. The highest BCUT2D eigenvalue weighted by Gasteiger charge is 2.21. The van der Waals surface area contributed by atoms with E-state index in [1.54, 1.807) is 24.1 Å². The zero-order valence-corrected chi connectivity index (χ0v) is 14.8. The average Bonchev–Trinajstić information content (AvgIpc) is 3.00. The first-order chi connectivity index (χ1) is 13.0. The van der Waals surface area contributed by atoms with E-state index >= 15 is 0 Å². The lowest BCUT2D eigenvalue weighted by molar-refractivity contribution is -0.118. The molecule has 6 nitrogen and oxygen atoms in total. The van der Waals surface area contributed by atoms with Gasteiger partial charge < -0.3 is 4.90 Å². The largest absolute Gasteiger partial charge is 0.441 e. The van der Waals surface area contributed by atoms with Crippen molar-refractivity contribution in [2.75, 3.05) is 11.9 Å². The number of benzene rings is 2. The van der Waals surface area contributed by atoms with Gasteiger partial charge in [0.25, 0.3) is 0 Å². The summed E-state index contributed by atoms with van der Waals surface area (Å²) in [6.45, 7) is 0.323. The molecule has 3 aromatic rings. The van der Waals surface area contributed by atoms with E-state index in [0.717, 1.165) is 22.4 Å². The maximum absolute atomic E-state index is 13.1. The number of amides is 1. The van der Waals surface area contributed by atoms with E-state index in [4.69, 9.17) is 4.52 Å². The Morgan fingerprint density at radius 1 is 1.07 bits per heavy atom. The number of fused-ring (bicyclic) bond motifs is 1. The van der Waals surface area contributed by atoms with Crippen molar-refractivity contribution < 1.29 is 13.7 Å². The molecule has 0 aliphatic carbocycles. The summed E-state index contributed by atoms with van der Waals surface area (Å²) in [5.41, 5.74) is 3.75. The van der Waals surface area contributed by atoms with Gasteiger partial charge in [-0.3, -0.25) is 13.9 Å². The summed E-state index contributed by atoms with van der Waals surface area (Å²) in [7, 11) is 1.77. The van der Waals surface area contributed by atoms with Gasteiger partial charge in [0.2, 0.25) is 5.91 Å². The molecule has 0 spiro atoms. The number of aromatic nitrogens is 2. The fraction of sp³-hybridized carbons (Fsp3) is 0.250. The average molecular weight is 367 g/mol. The van der Waals surface area contributed by atoms with E-state index in [1.165, 1.54) is 16.7 Å². The molecule has 2 aromatic carbocycles. The van der Waals surface area contributed by atoms with Crippen LogP contribution < -0.4 is 10.7 Å². The maximum Gasteiger partial charge on any atom is 0.441 e. The molecule has 0 fully saturated rings. The Morgan fingerprint density at radius 3 is 2.59 bits per heavy atom. The van der Waals surface area contributed by atoms with Crippen molar-refractivity contribution in [3.63, 3.8) is 0 Å². The van der Waals surface area contributed by atoms with Crippen molar-refractivity contribution in [1.29, 1.82) is 0 Å². The van der Waals surface area contributed by atoms with Crippen LogP contribution in [0.5, 0.6) is 0 Å². The van der Waals surface area contributed by atoms with Crippen LogP contribution in [0.2, 0.25) is 0 Å². The zero-order chi connectivity index (χ0) is 19.0. The quantitative estimate of drug-likeness (QED) is 0.711. The van der Waals surface area contributed by atoms with Crippen molar-refractivity contribution in [2.24, 2.45) is 0 Å². The summed E-state index contributed by atoms with van der Waals surface area (Å²) in [4.78, 5) is 25.6. The van der Waals surface area contributed by atoms with Crippen molar-refractivity contribution in [2.45, 2.75) is 25.8 Å². The number of anilines is 1. The molecule has 0 N–H and O–H groups in total. The molecular weight excluding hydrogens is 349 g/mol. The van der Waals surface area contributed by atoms with E-state index in [1.807, 2.05) is 18.2 Å². The Kier molecular flexibility index (Phi) is 4.35. The van der Waals surface area contributed by atoms with Crippen molar-refractivity contribution in [1.82, 2.24) is 9.72 Å². The van der Waals surface area contributed by atoms with Gasteiger partial charge in [-0.2, -0.15) is 0 Å². The first kappa shape index (κ1) is 17.2. The van der Waals surface area contributed by atoms with Crippen LogP contribution in [-0.4, -0.2) is 22.7 Å². The van der Waals surface area contributed by atoms with Crippen LogP contribution >= 0.6 is 0 Å². The smallest absolute Gasteiger partial charge is 0.315 e. The lowest BCUT2D eigenvalue weighted by Crippen LogP contribution is -2.31. The van der Waals surface area contributed by atoms with Gasteiger partial charge in [-0.15, -0.1) is 0 Å². The number of hydrogen-bond donors (Lipinski definition) is 0. The van der Waals surface area contributed by atoms with Gasteiger partial charge >= 0.3 is 5.76 Å². The molecule has 1 aromatic heterocycles. The van der Waals surface area contributed by atoms with Crippen LogP contribution in [0.4, 0.5) is 10.1 Å². The Hall–Kier alpha value is -3.22. The number of rotatable bonds is 4. The monoisotopic (exact) mass is 367 g/mol. The molecule has 0 atom stereocenters. The highest BCUT2D eigenvalue weighted by atomic mass is 19.1. The Morgan fingerprint density at radius 2 is 1.81 bits per heavy atom. The fourth-order valence-electron chi connectivity index (χ4n) is 3.35. The molecule has 7 heteroatoms. The van der Waals surface area contributed by atoms with E-state index in [2.05, 4.69) is 5.16 Å². The van der Waals surface area contributed by atoms with Gasteiger partial charge in [0.05, 0.1) is 6.54 Å². The predicted octanol–water partition coefficient (Wildman–Crippen LogP) is 2.52. The SMILES string of the molecule is CN1C(=O)CCc2cc(Cn3c(Cc4ccc(F)cc4)noc3=O)ccc21. The normalized spacial score (nSPS) is 13.7. The predicted molar refractivity (Wildman–Crippen MR) is 97.2 cm³/mol. The number of aryl methyl sites for hydroxylation is 1. The summed E-state index contributed by atoms with van der Waals surface area (Å²) in [6.07, 6.45) is 1.54. The van der Waals surface area contributed by atoms with Crippen LogP contribution in [0.25, 0.3) is 0 Å². The Balaban J connectivity index is 1.60. The molecule has 1 aliphatic rings. The van der Waals surface area contributed by atoms with E-state index in [-0.39, 0.29) is 11.7 Å². The molecule has 2 heterocycles. The second-order valence-electron chi connectivity index (χ2n) is 6.67. The number of carbonyl (C=O) groups is 1. The summed E-state index contributed by atoms with van der Waals surface area (Å²) in [6, 6.07) is 11.9. The van der Waals surface area contributed by atoms with Gasteiger partial charge in [-0.1, -0.05) is 29.4 Å². The molecule has 1 amide bonds. The van der Waals surface area contributed by atoms with Gasteiger partial charge in [0.1, 0.15) is 5.82 Å². The first-order valence-electron chi connectivity index (χ1n) is 8.69. The summed E-state index contributed by atoms with van der Waals surface area (Å²) < 4.78 is 19.4. The first-order valence-corrected chi connectivity index (χ1v) is 8.69. The molecule has 0 radical (unpaired) electrons. The van der Waals surface area contributed by atoms with Crippen molar-refractivity contribution >= 4 is 11.6 Å². The second-order valence-corrected chi connectivity index (χ2v) is 6.67. The fourth-order valence-corrected chi connectivity index (χ4v) is 3.35. The molecule has 4 rings (SSSR count). The molecule has 27 heavy (non-hydrogen) atoms. The van der Waals surface area contributed by atoms with E-state index in [9.17, 15) is 14.0 Å². The lowest BCUT2D eigenvalue weighted by Gasteiger charge is -2.26.